The van der Waals surface area contributed by atoms with E-state index in [1.807, 2.05) is 55.6 Å². The predicted molar refractivity (Wildman–Crippen MR) is 157 cm³/mol. The molecule has 0 atom stereocenters. The molecule has 0 spiro atoms. The molecular formula is C36H31FNO+. The second-order valence-corrected chi connectivity index (χ2v) is 10.7. The van der Waals surface area contributed by atoms with Gasteiger partial charge in [-0.25, -0.2) is 8.96 Å². The van der Waals surface area contributed by atoms with Gasteiger partial charge < -0.3 is 4.42 Å². The number of hydrogen-bond donors (Lipinski definition) is 0. The molecular weight excluding hydrogens is 481 g/mol. The van der Waals surface area contributed by atoms with Crippen molar-refractivity contribution in [2.45, 2.75) is 38.5 Å². The van der Waals surface area contributed by atoms with E-state index in [9.17, 15) is 0 Å². The smallest absolute Gasteiger partial charge is 0.216 e. The minimum atomic E-state index is -0.529. The molecule has 3 heteroatoms. The summed E-state index contributed by atoms with van der Waals surface area (Å²) in [6.45, 7) is 2.09. The molecule has 4 aromatic carbocycles. The lowest BCUT2D eigenvalue weighted by atomic mass is 9.94. The molecule has 1 aliphatic carbocycles. The van der Waals surface area contributed by atoms with Crippen molar-refractivity contribution < 1.29 is 14.7 Å². The molecule has 7 rings (SSSR count). The van der Waals surface area contributed by atoms with Crippen LogP contribution in [0.3, 0.4) is 0 Å². The minimum Gasteiger partial charge on any atom is -0.454 e. The van der Waals surface area contributed by atoms with Gasteiger partial charge in [-0.15, -0.1) is 0 Å². The van der Waals surface area contributed by atoms with Gasteiger partial charge in [0.05, 0.1) is 11.1 Å². The van der Waals surface area contributed by atoms with Crippen molar-refractivity contribution in [2.75, 3.05) is 0 Å². The second-order valence-electron chi connectivity index (χ2n) is 10.7. The fourth-order valence-corrected chi connectivity index (χ4v) is 6.16. The van der Waals surface area contributed by atoms with Crippen molar-refractivity contribution in [1.82, 2.24) is 0 Å². The Labute approximate surface area is 229 Å². The SMILES string of the molecule is [2H]C1(c2ccc(-c3c(F)ccc4c3oc3c(-c5cc(-c6ccccc6)cc[n+]5C)c(C)ccc34)cc2)CCCC1. The van der Waals surface area contributed by atoms with Gasteiger partial charge in [-0.2, -0.15) is 0 Å². The van der Waals surface area contributed by atoms with Gasteiger partial charge in [0.15, 0.2) is 6.20 Å². The maximum Gasteiger partial charge on any atom is 0.216 e. The molecule has 192 valence electrons. The van der Waals surface area contributed by atoms with E-state index in [0.29, 0.717) is 11.1 Å². The second kappa shape index (κ2) is 9.50. The highest BCUT2D eigenvalue weighted by atomic mass is 19.1. The maximum absolute atomic E-state index is 15.5. The third-order valence-corrected chi connectivity index (χ3v) is 8.27. The zero-order chi connectivity index (χ0) is 27.4. The van der Waals surface area contributed by atoms with Crippen LogP contribution < -0.4 is 4.57 Å². The first-order chi connectivity index (χ1) is 19.4. The first-order valence-electron chi connectivity index (χ1n) is 14.2. The number of aromatic nitrogens is 1. The van der Waals surface area contributed by atoms with Crippen LogP contribution in [-0.2, 0) is 7.05 Å². The summed E-state index contributed by atoms with van der Waals surface area (Å²) < 4.78 is 33.1. The summed E-state index contributed by atoms with van der Waals surface area (Å²) in [4.78, 5) is 0. The summed E-state index contributed by atoms with van der Waals surface area (Å²) in [5.41, 5.74) is 8.97. The van der Waals surface area contributed by atoms with Crippen LogP contribution in [0, 0.1) is 12.7 Å². The van der Waals surface area contributed by atoms with Crippen molar-refractivity contribution in [3.8, 4) is 33.5 Å². The number of rotatable bonds is 4. The molecule has 0 amide bonds. The highest BCUT2D eigenvalue weighted by molar-refractivity contribution is 6.13. The van der Waals surface area contributed by atoms with E-state index in [0.717, 1.165) is 81.1 Å². The van der Waals surface area contributed by atoms with Gasteiger partial charge in [0.2, 0.25) is 5.69 Å². The number of nitrogens with zero attached hydrogens (tertiary/aromatic N) is 1. The number of hydrogen-bond acceptors (Lipinski definition) is 1. The van der Waals surface area contributed by atoms with E-state index < -0.39 is 5.89 Å². The van der Waals surface area contributed by atoms with Gasteiger partial charge in [0.1, 0.15) is 24.0 Å². The zero-order valence-electron chi connectivity index (χ0n) is 23.3. The van der Waals surface area contributed by atoms with Crippen molar-refractivity contribution in [3.63, 3.8) is 0 Å². The van der Waals surface area contributed by atoms with Crippen molar-refractivity contribution >= 4 is 21.9 Å². The Balaban J connectivity index is 1.42. The van der Waals surface area contributed by atoms with Crippen molar-refractivity contribution in [1.29, 1.82) is 0 Å². The Hall–Kier alpha value is -4.24. The van der Waals surface area contributed by atoms with Crippen molar-refractivity contribution in [2.24, 2.45) is 7.05 Å². The van der Waals surface area contributed by atoms with Crippen LogP contribution in [-0.4, -0.2) is 0 Å². The van der Waals surface area contributed by atoms with Crippen LogP contribution in [0.25, 0.3) is 55.4 Å². The zero-order valence-corrected chi connectivity index (χ0v) is 22.3. The standard InChI is InChI=1S/C36H31FNO/c1-23-12-17-29-30-18-19-31(37)34(27-15-13-26(14-16-27)24-10-6-7-11-24)36(30)39-35(29)33(23)32-22-28(20-21-38(32)2)25-8-4-3-5-9-25/h3-5,8-9,12-22,24H,6-7,10-11H2,1-2H3/q+1/i24D. The topological polar surface area (TPSA) is 17.0 Å². The van der Waals surface area contributed by atoms with Crippen molar-refractivity contribution in [3.05, 3.63) is 114 Å². The Bertz CT molecular complexity index is 1880. The van der Waals surface area contributed by atoms with Gasteiger partial charge in [-0.3, -0.25) is 0 Å². The highest BCUT2D eigenvalue weighted by Gasteiger charge is 2.24. The average Bonchev–Trinajstić information content (AvgIpc) is 3.58. The first-order valence-corrected chi connectivity index (χ1v) is 13.7. The Morgan fingerprint density at radius 1 is 0.769 bits per heavy atom. The van der Waals surface area contributed by atoms with Gasteiger partial charge in [0.25, 0.3) is 0 Å². The van der Waals surface area contributed by atoms with Crippen LogP contribution in [0.1, 0.15) is 44.1 Å². The number of fused-ring (bicyclic) bond motifs is 3. The van der Waals surface area contributed by atoms with Crippen LogP contribution in [0.4, 0.5) is 4.39 Å². The summed E-state index contributed by atoms with van der Waals surface area (Å²) in [5, 5.41) is 1.86. The number of pyridine rings is 1. The molecule has 1 aliphatic rings. The van der Waals surface area contributed by atoms with E-state index in [4.69, 9.17) is 5.79 Å². The summed E-state index contributed by atoms with van der Waals surface area (Å²) in [6.07, 6.45) is 6.02. The number of aryl methyl sites for hydroxylation is 2. The Kier molecular flexibility index (Phi) is 5.53. The Morgan fingerprint density at radius 2 is 1.46 bits per heavy atom. The highest BCUT2D eigenvalue weighted by Crippen LogP contribution is 2.42. The summed E-state index contributed by atoms with van der Waals surface area (Å²) >= 11 is 0. The normalized spacial score (nSPS) is 15.2. The number of furan rings is 1. The third kappa shape index (κ3) is 4.04. The molecule has 6 aromatic rings. The number of benzene rings is 4. The van der Waals surface area contributed by atoms with Crippen LogP contribution in [0.2, 0.25) is 0 Å². The molecule has 2 aromatic heterocycles. The van der Waals surface area contributed by atoms with E-state index in [1.54, 1.807) is 6.07 Å². The lowest BCUT2D eigenvalue weighted by Gasteiger charge is -2.11. The summed E-state index contributed by atoms with van der Waals surface area (Å²) in [7, 11) is 2.04. The number of halogens is 1. The largest absolute Gasteiger partial charge is 0.454 e. The Morgan fingerprint density at radius 3 is 2.21 bits per heavy atom. The monoisotopic (exact) mass is 513 g/mol. The quantitative estimate of drug-likeness (QED) is 0.215. The molecule has 1 fully saturated rings. The van der Waals surface area contributed by atoms with Gasteiger partial charge in [-0.05, 0) is 65.6 Å². The summed E-state index contributed by atoms with van der Waals surface area (Å²) in [6, 6.07) is 30.1. The third-order valence-electron chi connectivity index (χ3n) is 8.27. The molecule has 1 saturated carbocycles. The maximum atomic E-state index is 15.5. The molecule has 0 unspecified atom stereocenters. The molecule has 0 radical (unpaired) electrons. The van der Waals surface area contributed by atoms with E-state index >= 15 is 4.39 Å². The lowest BCUT2D eigenvalue weighted by Crippen LogP contribution is -2.30. The fraction of sp³-hybridized carbons (Fsp3) is 0.194. The fourth-order valence-electron chi connectivity index (χ4n) is 6.16. The molecule has 0 N–H and O–H groups in total. The molecule has 2 heterocycles. The molecule has 0 aliphatic heterocycles. The van der Waals surface area contributed by atoms with Gasteiger partial charge >= 0.3 is 0 Å². The van der Waals surface area contributed by atoms with Crippen LogP contribution in [0.5, 0.6) is 0 Å². The molecule has 39 heavy (non-hydrogen) atoms. The van der Waals surface area contributed by atoms with Gasteiger partial charge in [0, 0.05) is 24.3 Å². The van der Waals surface area contributed by atoms with E-state index in [2.05, 4.69) is 54.1 Å². The minimum absolute atomic E-state index is 0.310. The van der Waals surface area contributed by atoms with E-state index in [1.165, 1.54) is 0 Å². The average molecular weight is 514 g/mol. The predicted octanol–water partition coefficient (Wildman–Crippen LogP) is 9.52. The lowest BCUT2D eigenvalue weighted by molar-refractivity contribution is -0.660. The molecule has 0 bridgehead atoms. The van der Waals surface area contributed by atoms with E-state index in [-0.39, 0.29) is 5.82 Å². The first kappa shape index (κ1) is 22.7. The van der Waals surface area contributed by atoms with Gasteiger partial charge in [-0.1, -0.05) is 79.6 Å². The molecule has 0 saturated heterocycles. The van der Waals surface area contributed by atoms with Crippen LogP contribution >= 0.6 is 0 Å². The summed E-state index contributed by atoms with van der Waals surface area (Å²) in [5.74, 6) is -0.839. The van der Waals surface area contributed by atoms with Crippen LogP contribution in [0.15, 0.2) is 102 Å². The molecule has 2 nitrogen and oxygen atoms in total.